The summed E-state index contributed by atoms with van der Waals surface area (Å²) in [5, 5.41) is 8.89. The Morgan fingerprint density at radius 1 is 1.11 bits per heavy atom. The van der Waals surface area contributed by atoms with Gasteiger partial charge in [-0.25, -0.2) is 4.57 Å². The third kappa shape index (κ3) is 12.9. The maximum atomic E-state index is 8.89. The van der Waals surface area contributed by atoms with Crippen molar-refractivity contribution in [2.24, 2.45) is 0 Å². The normalized spacial score (nSPS) is 9.63. The van der Waals surface area contributed by atoms with Crippen molar-refractivity contribution >= 4 is 5.97 Å². The van der Waals surface area contributed by atoms with Gasteiger partial charge in [0.2, 0.25) is 0 Å². The molecule has 0 spiro atoms. The van der Waals surface area contributed by atoms with Gasteiger partial charge in [-0.2, -0.15) is 0 Å². The van der Waals surface area contributed by atoms with Gasteiger partial charge in [-0.15, -0.1) is 0 Å². The van der Waals surface area contributed by atoms with E-state index in [1.807, 2.05) is 0 Å². The van der Waals surface area contributed by atoms with Crippen LogP contribution in [0.4, 0.5) is 0 Å². The van der Waals surface area contributed by atoms with Gasteiger partial charge in [0.05, 0.1) is 0 Å². The lowest BCUT2D eigenvalue weighted by Crippen LogP contribution is -2.32. The van der Waals surface area contributed by atoms with Gasteiger partial charge < -0.3 is 9.90 Å². The molecule has 3 heteroatoms. The summed E-state index contributed by atoms with van der Waals surface area (Å²) in [6.07, 6.45) is 12.6. The van der Waals surface area contributed by atoms with Gasteiger partial charge in [0.15, 0.2) is 12.4 Å². The number of carboxylic acid groups (broad SMARTS) is 1. The Morgan fingerprint density at radius 2 is 1.58 bits per heavy atom. The van der Waals surface area contributed by atoms with Crippen LogP contribution in [-0.2, 0) is 11.3 Å². The van der Waals surface area contributed by atoms with Crippen molar-refractivity contribution in [1.82, 2.24) is 0 Å². The molecule has 0 amide bonds. The van der Waals surface area contributed by atoms with Crippen LogP contribution in [-0.4, -0.2) is 5.97 Å². The zero-order valence-corrected chi connectivity index (χ0v) is 12.5. The number of pyridine rings is 1. The quantitative estimate of drug-likeness (QED) is 0.561. The number of carbonyl (C=O) groups excluding carboxylic acids is 1. The van der Waals surface area contributed by atoms with Crippen LogP contribution in [0.1, 0.15) is 57.9 Å². The third-order valence-electron chi connectivity index (χ3n) is 2.83. The lowest BCUT2D eigenvalue weighted by atomic mass is 10.1. The predicted octanol–water partition coefficient (Wildman–Crippen LogP) is 2.40. The largest absolute Gasteiger partial charge is 0.550 e. The van der Waals surface area contributed by atoms with Crippen LogP contribution in [0.3, 0.4) is 0 Å². The van der Waals surface area contributed by atoms with Crippen LogP contribution in [0.2, 0.25) is 0 Å². The highest BCUT2D eigenvalue weighted by Gasteiger charge is 1.98. The Labute approximate surface area is 117 Å². The van der Waals surface area contributed by atoms with Crippen molar-refractivity contribution in [1.29, 1.82) is 0 Å². The number of nitrogens with zero attached hydrogens (tertiary/aromatic N) is 1. The molecule has 3 nitrogen and oxygen atoms in total. The molecular weight excluding hydrogens is 238 g/mol. The van der Waals surface area contributed by atoms with E-state index in [2.05, 4.69) is 42.9 Å². The molecule has 0 fully saturated rings. The van der Waals surface area contributed by atoms with Crippen LogP contribution < -0.4 is 9.67 Å². The molecule has 0 saturated carbocycles. The first kappa shape index (κ1) is 17.6. The van der Waals surface area contributed by atoms with E-state index in [9.17, 15) is 0 Å². The zero-order chi connectivity index (χ0) is 14.5. The van der Waals surface area contributed by atoms with E-state index in [1.54, 1.807) is 0 Å². The van der Waals surface area contributed by atoms with Crippen LogP contribution >= 0.6 is 0 Å². The highest BCUT2D eigenvalue weighted by Crippen LogP contribution is 2.04. The summed E-state index contributed by atoms with van der Waals surface area (Å²) in [6, 6.07) is 4.36. The van der Waals surface area contributed by atoms with Crippen molar-refractivity contribution in [2.45, 2.75) is 65.8 Å². The summed E-state index contributed by atoms with van der Waals surface area (Å²) in [4.78, 5) is 8.89. The first-order valence-electron chi connectivity index (χ1n) is 7.19. The molecule has 0 N–H and O–H groups in total. The molecule has 0 unspecified atom stereocenters. The highest BCUT2D eigenvalue weighted by atomic mass is 16.4. The SMILES string of the molecule is CC(=O)[O-].CCCCCCCC[n+]1ccc(C)cc1. The van der Waals surface area contributed by atoms with E-state index in [-0.39, 0.29) is 0 Å². The first-order valence-corrected chi connectivity index (χ1v) is 7.19. The van der Waals surface area contributed by atoms with Gasteiger partial charge in [-0.05, 0) is 25.8 Å². The average Bonchev–Trinajstić information content (AvgIpc) is 2.35. The number of carbonyl (C=O) groups is 1. The summed E-state index contributed by atoms with van der Waals surface area (Å²) in [5.41, 5.74) is 1.34. The second-order valence-corrected chi connectivity index (χ2v) is 4.87. The topological polar surface area (TPSA) is 44.0 Å². The maximum absolute atomic E-state index is 8.89. The van der Waals surface area contributed by atoms with E-state index in [4.69, 9.17) is 9.90 Å². The highest BCUT2D eigenvalue weighted by molar-refractivity contribution is 5.60. The lowest BCUT2D eigenvalue weighted by molar-refractivity contribution is -0.697. The van der Waals surface area contributed by atoms with Crippen LogP contribution in [0.25, 0.3) is 0 Å². The van der Waals surface area contributed by atoms with E-state index >= 15 is 0 Å². The minimum atomic E-state index is -1.08. The Kier molecular flexibility index (Phi) is 10.8. The van der Waals surface area contributed by atoms with Crippen LogP contribution in [0.15, 0.2) is 24.5 Å². The van der Waals surface area contributed by atoms with Crippen molar-refractivity contribution in [3.8, 4) is 0 Å². The van der Waals surface area contributed by atoms with E-state index in [0.29, 0.717) is 0 Å². The van der Waals surface area contributed by atoms with Gasteiger partial charge in [0, 0.05) is 24.5 Å². The number of hydrogen-bond acceptors (Lipinski definition) is 2. The van der Waals surface area contributed by atoms with Gasteiger partial charge >= 0.3 is 0 Å². The molecule has 1 aromatic heterocycles. The smallest absolute Gasteiger partial charge is 0.169 e. The van der Waals surface area contributed by atoms with Gasteiger partial charge in [-0.1, -0.05) is 32.6 Å². The molecule has 0 aliphatic carbocycles. The first-order chi connectivity index (χ1) is 9.06. The molecule has 0 radical (unpaired) electrons. The fraction of sp³-hybridized carbons (Fsp3) is 0.625. The lowest BCUT2D eigenvalue weighted by Gasteiger charge is -1.99. The van der Waals surface area contributed by atoms with E-state index in [0.717, 1.165) is 6.92 Å². The van der Waals surface area contributed by atoms with Crippen LogP contribution in [0.5, 0.6) is 0 Å². The number of unbranched alkanes of at least 4 members (excludes halogenated alkanes) is 5. The summed E-state index contributed by atoms with van der Waals surface area (Å²) < 4.78 is 2.28. The Morgan fingerprint density at radius 3 is 2.11 bits per heavy atom. The minimum Gasteiger partial charge on any atom is -0.550 e. The standard InChI is InChI=1S/C14H24N.C2H4O2/c1-3-4-5-6-7-8-11-15-12-9-14(2)10-13-15;1-2(3)4/h9-10,12-13H,3-8,11H2,1-2H3;1H3,(H,3,4)/q+1;/p-1. The molecule has 19 heavy (non-hydrogen) atoms. The number of carboxylic acids is 1. The monoisotopic (exact) mass is 265 g/mol. The second kappa shape index (κ2) is 11.7. The Hall–Kier alpha value is -1.38. The fourth-order valence-corrected chi connectivity index (χ4v) is 1.76. The predicted molar refractivity (Wildman–Crippen MR) is 75.4 cm³/mol. The molecule has 0 saturated heterocycles. The summed E-state index contributed by atoms with van der Waals surface area (Å²) in [5.74, 6) is -1.08. The summed E-state index contributed by atoms with van der Waals surface area (Å²) >= 11 is 0. The molecule has 1 aromatic rings. The van der Waals surface area contributed by atoms with Crippen molar-refractivity contribution < 1.29 is 14.5 Å². The molecule has 0 atom stereocenters. The van der Waals surface area contributed by atoms with Crippen molar-refractivity contribution in [3.63, 3.8) is 0 Å². The Balaban J connectivity index is 0.000000711. The average molecular weight is 265 g/mol. The number of hydrogen-bond donors (Lipinski definition) is 0. The van der Waals surface area contributed by atoms with Gasteiger partial charge in [-0.3, -0.25) is 0 Å². The number of aryl methyl sites for hydroxylation is 2. The molecule has 0 bridgehead atoms. The molecule has 108 valence electrons. The molecule has 0 aliphatic heterocycles. The van der Waals surface area contributed by atoms with Crippen LogP contribution in [0, 0.1) is 6.92 Å². The van der Waals surface area contributed by atoms with E-state index < -0.39 is 5.97 Å². The molecule has 1 heterocycles. The molecule has 1 rings (SSSR count). The molecular formula is C16H27NO2. The second-order valence-electron chi connectivity index (χ2n) is 4.87. The van der Waals surface area contributed by atoms with Crippen molar-refractivity contribution in [2.75, 3.05) is 0 Å². The summed E-state index contributed by atoms with van der Waals surface area (Å²) in [7, 11) is 0. The third-order valence-corrected chi connectivity index (χ3v) is 2.83. The minimum absolute atomic E-state index is 0.972. The van der Waals surface area contributed by atoms with Gasteiger partial charge in [0.1, 0.15) is 6.54 Å². The van der Waals surface area contributed by atoms with Crippen molar-refractivity contribution in [3.05, 3.63) is 30.1 Å². The Bertz CT molecular complexity index is 329. The maximum Gasteiger partial charge on any atom is 0.169 e. The van der Waals surface area contributed by atoms with Gasteiger partial charge in [0.25, 0.3) is 0 Å². The molecule has 0 aliphatic rings. The zero-order valence-electron chi connectivity index (χ0n) is 12.5. The number of rotatable bonds is 7. The number of aromatic nitrogens is 1. The van der Waals surface area contributed by atoms with E-state index in [1.165, 1.54) is 50.6 Å². The number of aliphatic carboxylic acids is 1. The summed E-state index contributed by atoms with van der Waals surface area (Å²) in [6.45, 7) is 6.55. The fourth-order valence-electron chi connectivity index (χ4n) is 1.76. The molecule has 0 aromatic carbocycles.